The summed E-state index contributed by atoms with van der Waals surface area (Å²) < 4.78 is 45.3. The molecule has 32 heavy (non-hydrogen) atoms. The first-order valence-electron chi connectivity index (χ1n) is 9.47. The molecule has 1 aromatic heterocycles. The van der Waals surface area contributed by atoms with Gasteiger partial charge in [0.25, 0.3) is 5.91 Å². The molecular formula is C21H20ClFN4O4S. The van der Waals surface area contributed by atoms with Crippen LogP contribution in [-0.4, -0.2) is 38.2 Å². The lowest BCUT2D eigenvalue weighted by Gasteiger charge is -2.08. The molecule has 0 unspecified atom stereocenters. The van der Waals surface area contributed by atoms with Crippen LogP contribution in [0.3, 0.4) is 0 Å². The van der Waals surface area contributed by atoms with Crippen molar-refractivity contribution in [1.82, 2.24) is 20.2 Å². The molecule has 0 radical (unpaired) electrons. The van der Waals surface area contributed by atoms with Gasteiger partial charge in [0.05, 0.1) is 29.3 Å². The minimum Gasteiger partial charge on any atom is -0.497 e. The Kier molecular flexibility index (Phi) is 7.73. The van der Waals surface area contributed by atoms with Gasteiger partial charge in [-0.3, -0.25) is 4.79 Å². The van der Waals surface area contributed by atoms with E-state index in [1.54, 1.807) is 7.11 Å². The zero-order valence-corrected chi connectivity index (χ0v) is 18.6. The van der Waals surface area contributed by atoms with E-state index in [-0.39, 0.29) is 28.1 Å². The standard InChI is InChI=1S/C21H20ClFN4O4S/c1-31-16-5-2-14(3-6-16)10-11-24-21(28)20-9-4-15(26-27-20)13-25-32(29,30)17-7-8-19(23)18(22)12-17/h2-9,12,25H,10-11,13H2,1H3,(H,24,28). The van der Waals surface area contributed by atoms with Gasteiger partial charge in [-0.05, 0) is 54.4 Å². The van der Waals surface area contributed by atoms with Crippen molar-refractivity contribution >= 4 is 27.5 Å². The quantitative estimate of drug-likeness (QED) is 0.489. The molecular weight excluding hydrogens is 459 g/mol. The summed E-state index contributed by atoms with van der Waals surface area (Å²) in [7, 11) is -2.33. The second-order valence-electron chi connectivity index (χ2n) is 6.66. The summed E-state index contributed by atoms with van der Waals surface area (Å²) in [5.41, 5.74) is 1.45. The number of nitrogens with one attached hydrogen (secondary N) is 2. The minimum absolute atomic E-state index is 0.108. The third-order valence-corrected chi connectivity index (χ3v) is 6.14. The summed E-state index contributed by atoms with van der Waals surface area (Å²) in [4.78, 5) is 12.0. The third kappa shape index (κ3) is 6.22. The summed E-state index contributed by atoms with van der Waals surface area (Å²) >= 11 is 5.63. The topological polar surface area (TPSA) is 110 Å². The lowest BCUT2D eigenvalue weighted by Crippen LogP contribution is -2.27. The number of benzene rings is 2. The van der Waals surface area contributed by atoms with Crippen molar-refractivity contribution in [3.8, 4) is 5.75 Å². The van der Waals surface area contributed by atoms with Crippen LogP contribution in [0.2, 0.25) is 5.02 Å². The fraction of sp³-hybridized carbons (Fsp3) is 0.190. The van der Waals surface area contributed by atoms with E-state index in [2.05, 4.69) is 20.2 Å². The Bertz CT molecular complexity index is 1190. The number of rotatable bonds is 9. The number of methoxy groups -OCH3 is 1. The van der Waals surface area contributed by atoms with Gasteiger partial charge < -0.3 is 10.1 Å². The van der Waals surface area contributed by atoms with Gasteiger partial charge in [0.2, 0.25) is 10.0 Å². The maximum atomic E-state index is 13.2. The van der Waals surface area contributed by atoms with Crippen LogP contribution in [0.25, 0.3) is 0 Å². The first kappa shape index (κ1) is 23.6. The summed E-state index contributed by atoms with van der Waals surface area (Å²) in [6.07, 6.45) is 0.635. The summed E-state index contributed by atoms with van der Waals surface area (Å²) in [5, 5.41) is 10.2. The van der Waals surface area contributed by atoms with Gasteiger partial charge in [-0.15, -0.1) is 5.10 Å². The van der Waals surface area contributed by atoms with Gasteiger partial charge in [0.1, 0.15) is 11.6 Å². The van der Waals surface area contributed by atoms with E-state index in [0.717, 1.165) is 29.5 Å². The van der Waals surface area contributed by atoms with Crippen LogP contribution in [-0.2, 0) is 23.0 Å². The second-order valence-corrected chi connectivity index (χ2v) is 8.84. The van der Waals surface area contributed by atoms with E-state index in [0.29, 0.717) is 18.7 Å². The van der Waals surface area contributed by atoms with Crippen molar-refractivity contribution in [2.24, 2.45) is 0 Å². The predicted octanol–water partition coefficient (Wildman–Crippen LogP) is 2.73. The van der Waals surface area contributed by atoms with Crippen LogP contribution >= 0.6 is 11.6 Å². The lowest BCUT2D eigenvalue weighted by atomic mass is 10.1. The summed E-state index contributed by atoms with van der Waals surface area (Å²) in [6, 6.07) is 13.6. The summed E-state index contributed by atoms with van der Waals surface area (Å²) in [6.45, 7) is 0.248. The van der Waals surface area contributed by atoms with Gasteiger partial charge in [-0.2, -0.15) is 5.10 Å². The Morgan fingerprint density at radius 3 is 2.47 bits per heavy atom. The van der Waals surface area contributed by atoms with E-state index in [4.69, 9.17) is 16.3 Å². The van der Waals surface area contributed by atoms with Gasteiger partial charge in [0, 0.05) is 6.54 Å². The molecule has 2 N–H and O–H groups in total. The van der Waals surface area contributed by atoms with E-state index in [1.807, 2.05) is 24.3 Å². The SMILES string of the molecule is COc1ccc(CCNC(=O)c2ccc(CNS(=O)(=O)c3ccc(F)c(Cl)c3)nn2)cc1. The average molecular weight is 479 g/mol. The molecule has 0 spiro atoms. The van der Waals surface area contributed by atoms with Crippen molar-refractivity contribution < 1.29 is 22.3 Å². The Hall–Kier alpha value is -3.08. The monoisotopic (exact) mass is 478 g/mol. The largest absolute Gasteiger partial charge is 0.497 e. The zero-order valence-electron chi connectivity index (χ0n) is 17.0. The van der Waals surface area contributed by atoms with E-state index in [9.17, 15) is 17.6 Å². The molecule has 3 rings (SSSR count). The second kappa shape index (κ2) is 10.5. The Balaban J connectivity index is 1.51. The molecule has 11 heteroatoms. The Morgan fingerprint density at radius 2 is 1.84 bits per heavy atom. The van der Waals surface area contributed by atoms with Gasteiger partial charge in [0.15, 0.2) is 5.69 Å². The summed E-state index contributed by atoms with van der Waals surface area (Å²) in [5.74, 6) is -0.342. The predicted molar refractivity (Wildman–Crippen MR) is 116 cm³/mol. The molecule has 2 aromatic carbocycles. The average Bonchev–Trinajstić information content (AvgIpc) is 2.80. The molecule has 8 nitrogen and oxygen atoms in total. The highest BCUT2D eigenvalue weighted by molar-refractivity contribution is 7.89. The lowest BCUT2D eigenvalue weighted by molar-refractivity contribution is 0.0948. The van der Waals surface area contributed by atoms with E-state index < -0.39 is 15.8 Å². The van der Waals surface area contributed by atoms with Crippen LogP contribution < -0.4 is 14.8 Å². The normalized spacial score (nSPS) is 11.2. The number of amides is 1. The van der Waals surface area contributed by atoms with Gasteiger partial charge in [-0.25, -0.2) is 17.5 Å². The fourth-order valence-electron chi connectivity index (χ4n) is 2.67. The number of hydrogen-bond acceptors (Lipinski definition) is 6. The molecule has 0 saturated heterocycles. The first-order chi connectivity index (χ1) is 15.3. The van der Waals surface area contributed by atoms with Gasteiger partial charge >= 0.3 is 0 Å². The van der Waals surface area contributed by atoms with Crippen molar-refractivity contribution in [2.75, 3.05) is 13.7 Å². The van der Waals surface area contributed by atoms with Crippen molar-refractivity contribution in [1.29, 1.82) is 0 Å². The fourth-order valence-corrected chi connectivity index (χ4v) is 3.94. The third-order valence-electron chi connectivity index (χ3n) is 4.46. The van der Waals surface area contributed by atoms with Crippen LogP contribution in [0.1, 0.15) is 21.7 Å². The molecule has 1 heterocycles. The molecule has 1 amide bonds. The number of ether oxygens (including phenoxy) is 1. The van der Waals surface area contributed by atoms with Crippen LogP contribution in [0, 0.1) is 5.82 Å². The Morgan fingerprint density at radius 1 is 1.09 bits per heavy atom. The van der Waals surface area contributed by atoms with E-state index in [1.165, 1.54) is 12.1 Å². The van der Waals surface area contributed by atoms with Crippen LogP contribution in [0.15, 0.2) is 59.5 Å². The van der Waals surface area contributed by atoms with Crippen molar-refractivity contribution in [3.63, 3.8) is 0 Å². The highest BCUT2D eigenvalue weighted by atomic mass is 35.5. The van der Waals surface area contributed by atoms with Crippen LogP contribution in [0.4, 0.5) is 4.39 Å². The Labute approximate surface area is 189 Å². The number of aromatic nitrogens is 2. The smallest absolute Gasteiger partial charge is 0.271 e. The number of carbonyl (C=O) groups excluding carboxylic acids is 1. The number of carbonyl (C=O) groups is 1. The van der Waals surface area contributed by atoms with Crippen molar-refractivity contribution in [3.05, 3.63) is 82.4 Å². The molecule has 0 aliphatic heterocycles. The molecule has 0 saturated carbocycles. The molecule has 0 fully saturated rings. The molecule has 0 atom stereocenters. The maximum absolute atomic E-state index is 13.2. The molecule has 3 aromatic rings. The molecule has 0 aliphatic rings. The number of nitrogens with zero attached hydrogens (tertiary/aromatic N) is 2. The number of sulfonamides is 1. The van der Waals surface area contributed by atoms with Crippen LogP contribution in [0.5, 0.6) is 5.75 Å². The zero-order chi connectivity index (χ0) is 23.1. The molecule has 168 valence electrons. The van der Waals surface area contributed by atoms with Crippen molar-refractivity contribution in [2.45, 2.75) is 17.9 Å². The minimum atomic E-state index is -3.92. The molecule has 0 bridgehead atoms. The highest BCUT2D eigenvalue weighted by Crippen LogP contribution is 2.19. The first-order valence-corrected chi connectivity index (χ1v) is 11.3. The number of hydrogen-bond donors (Lipinski definition) is 2. The highest BCUT2D eigenvalue weighted by Gasteiger charge is 2.16. The van der Waals surface area contributed by atoms with E-state index >= 15 is 0 Å². The number of halogens is 2. The van der Waals surface area contributed by atoms with Gasteiger partial charge in [-0.1, -0.05) is 23.7 Å². The maximum Gasteiger partial charge on any atom is 0.271 e. The molecule has 0 aliphatic carbocycles.